The maximum absolute atomic E-state index is 13.6. The fourth-order valence-corrected chi connectivity index (χ4v) is 4.34. The molecule has 0 bridgehead atoms. The summed E-state index contributed by atoms with van der Waals surface area (Å²) in [6.45, 7) is 2.08. The first-order chi connectivity index (χ1) is 13.3. The van der Waals surface area contributed by atoms with Gasteiger partial charge in [0, 0.05) is 6.04 Å². The van der Waals surface area contributed by atoms with Crippen LogP contribution in [0.2, 0.25) is 0 Å². The molecule has 1 aliphatic rings. The number of rotatable bonds is 3. The molecule has 2 atom stereocenters. The molecule has 1 amide bonds. The molecular weight excluding hydrogens is 389 g/mol. The Bertz CT molecular complexity index is 997. The smallest absolute Gasteiger partial charge is 0.349 e. The summed E-state index contributed by atoms with van der Waals surface area (Å²) in [6, 6.07) is 4.42. The Kier molecular flexibility index (Phi) is 4.86. The number of fused-ring (bicyclic) bond motifs is 1. The lowest BCUT2D eigenvalue weighted by Crippen LogP contribution is -2.41. The van der Waals surface area contributed by atoms with E-state index in [0.717, 1.165) is 31.7 Å². The lowest BCUT2D eigenvalue weighted by atomic mass is 9.86. The zero-order chi connectivity index (χ0) is 19.9. The molecule has 4 rings (SSSR count). The summed E-state index contributed by atoms with van der Waals surface area (Å²) in [6.07, 6.45) is 0.601. The molecule has 0 aliphatic heterocycles. The van der Waals surface area contributed by atoms with Gasteiger partial charge in [0.05, 0.1) is 16.8 Å². The van der Waals surface area contributed by atoms with E-state index in [2.05, 4.69) is 22.3 Å². The van der Waals surface area contributed by atoms with Crippen molar-refractivity contribution in [2.24, 2.45) is 5.92 Å². The second-order valence-corrected chi connectivity index (χ2v) is 8.08. The number of nitrogens with zero attached hydrogens (tertiary/aromatic N) is 3. The Hall–Kier alpha value is -2.42. The van der Waals surface area contributed by atoms with E-state index in [1.165, 1.54) is 17.5 Å². The normalized spacial score (nSPS) is 20.4. The molecule has 0 spiro atoms. The molecule has 0 saturated heterocycles. The quantitative estimate of drug-likeness (QED) is 0.678. The van der Waals surface area contributed by atoms with Crippen LogP contribution in [0.5, 0.6) is 0 Å². The second kappa shape index (κ2) is 7.20. The zero-order valence-electron chi connectivity index (χ0n) is 15.2. The summed E-state index contributed by atoms with van der Waals surface area (Å²) in [5.41, 5.74) is -0.803. The van der Waals surface area contributed by atoms with Gasteiger partial charge in [0.2, 0.25) is 0 Å². The Morgan fingerprint density at radius 2 is 2.11 bits per heavy atom. The van der Waals surface area contributed by atoms with Crippen molar-refractivity contribution in [2.75, 3.05) is 0 Å². The Labute approximate surface area is 163 Å². The molecule has 9 heteroatoms. The van der Waals surface area contributed by atoms with Gasteiger partial charge in [-0.05, 0) is 36.3 Å². The molecular formula is C19H19F3N4OS. The van der Waals surface area contributed by atoms with E-state index >= 15 is 0 Å². The molecule has 28 heavy (non-hydrogen) atoms. The van der Waals surface area contributed by atoms with Crippen molar-refractivity contribution in [2.45, 2.75) is 44.8 Å². The van der Waals surface area contributed by atoms with Crippen LogP contribution in [0.4, 0.5) is 13.2 Å². The molecule has 148 valence electrons. The molecule has 3 heterocycles. The van der Waals surface area contributed by atoms with Crippen LogP contribution in [0.15, 0.2) is 29.8 Å². The van der Waals surface area contributed by atoms with Gasteiger partial charge in [0.1, 0.15) is 5.56 Å². The van der Waals surface area contributed by atoms with Crippen molar-refractivity contribution in [1.29, 1.82) is 0 Å². The van der Waals surface area contributed by atoms with Crippen LogP contribution < -0.4 is 5.32 Å². The fourth-order valence-electron chi connectivity index (χ4n) is 3.65. The van der Waals surface area contributed by atoms with Crippen LogP contribution in [-0.2, 0) is 6.18 Å². The van der Waals surface area contributed by atoms with Gasteiger partial charge in [0.25, 0.3) is 5.91 Å². The van der Waals surface area contributed by atoms with Crippen LogP contribution in [0.3, 0.4) is 0 Å². The van der Waals surface area contributed by atoms with Gasteiger partial charge < -0.3 is 5.32 Å². The summed E-state index contributed by atoms with van der Waals surface area (Å²) < 4.78 is 41.5. The third kappa shape index (κ3) is 3.50. The van der Waals surface area contributed by atoms with Gasteiger partial charge in [0.15, 0.2) is 11.3 Å². The minimum atomic E-state index is -4.62. The summed E-state index contributed by atoms with van der Waals surface area (Å²) >= 11 is 1.29. The number of carbonyl (C=O) groups excluding carboxylic acids is 1. The van der Waals surface area contributed by atoms with Gasteiger partial charge in [-0.2, -0.15) is 18.3 Å². The minimum Gasteiger partial charge on any atom is -0.349 e. The predicted octanol–water partition coefficient (Wildman–Crippen LogP) is 4.79. The highest BCUT2D eigenvalue weighted by Gasteiger charge is 2.36. The molecule has 1 saturated carbocycles. The van der Waals surface area contributed by atoms with E-state index in [0.29, 0.717) is 15.3 Å². The molecule has 3 aromatic heterocycles. The SMILES string of the molecule is CC1CCCCC1NC(=O)c1cnn2c(C(F)(F)F)cc(-c3cccs3)nc12. The number of nitrogens with one attached hydrogen (secondary N) is 1. The number of amides is 1. The molecule has 0 radical (unpaired) electrons. The molecule has 5 nitrogen and oxygen atoms in total. The van der Waals surface area contributed by atoms with Gasteiger partial charge in [-0.3, -0.25) is 4.79 Å². The third-order valence-corrected chi connectivity index (χ3v) is 6.10. The summed E-state index contributed by atoms with van der Waals surface area (Å²) in [5.74, 6) is -0.0994. The van der Waals surface area contributed by atoms with Gasteiger partial charge >= 0.3 is 6.18 Å². The molecule has 0 aromatic carbocycles. The van der Waals surface area contributed by atoms with Gasteiger partial charge in [-0.15, -0.1) is 11.3 Å². The number of hydrogen-bond donors (Lipinski definition) is 1. The summed E-state index contributed by atoms with van der Waals surface area (Å²) in [7, 11) is 0. The van der Waals surface area contributed by atoms with E-state index in [4.69, 9.17) is 0 Å². The average molecular weight is 408 g/mol. The van der Waals surface area contributed by atoms with Crippen LogP contribution in [0.1, 0.15) is 48.7 Å². The lowest BCUT2D eigenvalue weighted by Gasteiger charge is -2.29. The van der Waals surface area contributed by atoms with Crippen LogP contribution in [0.25, 0.3) is 16.2 Å². The predicted molar refractivity (Wildman–Crippen MR) is 100 cm³/mol. The number of halogens is 3. The van der Waals surface area contributed by atoms with Crippen LogP contribution in [0, 0.1) is 5.92 Å². The van der Waals surface area contributed by atoms with E-state index in [1.807, 2.05) is 0 Å². The van der Waals surface area contributed by atoms with Crippen molar-refractivity contribution in [3.63, 3.8) is 0 Å². The maximum Gasteiger partial charge on any atom is 0.433 e. The number of alkyl halides is 3. The third-order valence-electron chi connectivity index (χ3n) is 5.21. The number of hydrogen-bond acceptors (Lipinski definition) is 4. The van der Waals surface area contributed by atoms with Gasteiger partial charge in [-0.1, -0.05) is 25.8 Å². The van der Waals surface area contributed by atoms with E-state index in [9.17, 15) is 18.0 Å². The zero-order valence-corrected chi connectivity index (χ0v) is 16.0. The Balaban J connectivity index is 1.77. The van der Waals surface area contributed by atoms with Gasteiger partial charge in [-0.25, -0.2) is 9.50 Å². The standard InChI is InChI=1S/C19H19F3N4OS/c1-11-5-2-3-6-13(11)25-18(27)12-10-23-26-16(19(20,21)22)9-14(24-17(12)26)15-7-4-8-28-15/h4,7-11,13H,2-3,5-6H2,1H3,(H,25,27). The monoisotopic (exact) mass is 408 g/mol. The first kappa shape index (κ1) is 18.9. The van der Waals surface area contributed by atoms with Crippen molar-refractivity contribution in [3.05, 3.63) is 41.0 Å². The maximum atomic E-state index is 13.6. The number of carbonyl (C=O) groups is 1. The fraction of sp³-hybridized carbons (Fsp3) is 0.421. The summed E-state index contributed by atoms with van der Waals surface area (Å²) in [5, 5.41) is 8.55. The highest BCUT2D eigenvalue weighted by Crippen LogP contribution is 2.34. The highest BCUT2D eigenvalue weighted by atomic mass is 32.1. The van der Waals surface area contributed by atoms with E-state index in [1.54, 1.807) is 17.5 Å². The Morgan fingerprint density at radius 3 is 2.79 bits per heavy atom. The average Bonchev–Trinajstić information content (AvgIpc) is 3.31. The summed E-state index contributed by atoms with van der Waals surface area (Å²) in [4.78, 5) is 17.7. The van der Waals surface area contributed by atoms with E-state index in [-0.39, 0.29) is 22.9 Å². The molecule has 3 aromatic rings. The minimum absolute atomic E-state index is 0.0127. The Morgan fingerprint density at radius 1 is 1.32 bits per heavy atom. The van der Waals surface area contributed by atoms with E-state index < -0.39 is 17.8 Å². The number of aromatic nitrogens is 3. The molecule has 1 aliphatic carbocycles. The topological polar surface area (TPSA) is 59.3 Å². The molecule has 1 fully saturated rings. The first-order valence-electron chi connectivity index (χ1n) is 9.15. The largest absolute Gasteiger partial charge is 0.433 e. The van der Waals surface area contributed by atoms with Crippen molar-refractivity contribution < 1.29 is 18.0 Å². The van der Waals surface area contributed by atoms with Crippen LogP contribution >= 0.6 is 11.3 Å². The lowest BCUT2D eigenvalue weighted by molar-refractivity contribution is -0.142. The first-order valence-corrected chi connectivity index (χ1v) is 10.0. The highest BCUT2D eigenvalue weighted by molar-refractivity contribution is 7.13. The second-order valence-electron chi connectivity index (χ2n) is 7.14. The van der Waals surface area contributed by atoms with Crippen LogP contribution in [-0.4, -0.2) is 26.5 Å². The number of thiophene rings is 1. The van der Waals surface area contributed by atoms with Crippen molar-refractivity contribution in [1.82, 2.24) is 19.9 Å². The van der Waals surface area contributed by atoms with Crippen molar-refractivity contribution >= 4 is 22.9 Å². The van der Waals surface area contributed by atoms with Crippen molar-refractivity contribution in [3.8, 4) is 10.6 Å². The molecule has 2 unspecified atom stereocenters. The molecule has 1 N–H and O–H groups in total.